The number of piperazine rings is 1. The van der Waals surface area contributed by atoms with Crippen molar-refractivity contribution in [2.75, 3.05) is 33.2 Å². The minimum absolute atomic E-state index is 0.0739. The smallest absolute Gasteiger partial charge is 0.220 e. The molecule has 2 heterocycles. The van der Waals surface area contributed by atoms with E-state index in [2.05, 4.69) is 34.3 Å². The molecule has 28 heavy (non-hydrogen) atoms. The average molecular weight is 381 g/mol. The number of benzene rings is 2. The van der Waals surface area contributed by atoms with Crippen molar-refractivity contribution in [2.24, 2.45) is 0 Å². The van der Waals surface area contributed by atoms with Crippen LogP contribution in [-0.4, -0.2) is 54.5 Å². The van der Waals surface area contributed by atoms with E-state index >= 15 is 0 Å². The first-order chi connectivity index (χ1) is 13.6. The Morgan fingerprint density at radius 3 is 2.64 bits per heavy atom. The third kappa shape index (κ3) is 3.96. The Bertz CT molecular complexity index is 838. The first-order valence-electron chi connectivity index (χ1n) is 10.1. The molecule has 1 unspecified atom stereocenters. The number of nitrogens with one attached hydrogen (secondary N) is 1. The second kappa shape index (κ2) is 8.02. The van der Waals surface area contributed by atoms with Gasteiger partial charge in [-0.15, -0.1) is 0 Å². The SMILES string of the molecule is CN1CCN(Cc2ccc(-c3ccccc3F)cc2)CC12CCNC(=O)CC2. The molecule has 0 aliphatic carbocycles. The molecular formula is C23H28FN3O. The van der Waals surface area contributed by atoms with Gasteiger partial charge in [0.1, 0.15) is 5.82 Å². The maximum absolute atomic E-state index is 14.0. The van der Waals surface area contributed by atoms with E-state index in [1.54, 1.807) is 6.07 Å². The molecule has 148 valence electrons. The largest absolute Gasteiger partial charge is 0.356 e. The van der Waals surface area contributed by atoms with Gasteiger partial charge in [0.2, 0.25) is 5.91 Å². The highest BCUT2D eigenvalue weighted by atomic mass is 19.1. The lowest BCUT2D eigenvalue weighted by Gasteiger charge is -2.49. The van der Waals surface area contributed by atoms with Crippen molar-refractivity contribution in [2.45, 2.75) is 31.3 Å². The maximum Gasteiger partial charge on any atom is 0.220 e. The Balaban J connectivity index is 1.45. The summed E-state index contributed by atoms with van der Waals surface area (Å²) in [5, 5.41) is 3.01. The van der Waals surface area contributed by atoms with Crippen molar-refractivity contribution < 1.29 is 9.18 Å². The Morgan fingerprint density at radius 2 is 1.86 bits per heavy atom. The quantitative estimate of drug-likeness (QED) is 0.886. The van der Waals surface area contributed by atoms with Crippen molar-refractivity contribution in [3.05, 3.63) is 59.9 Å². The van der Waals surface area contributed by atoms with Gasteiger partial charge in [0, 0.05) is 50.2 Å². The van der Waals surface area contributed by atoms with Crippen LogP contribution in [0.3, 0.4) is 0 Å². The van der Waals surface area contributed by atoms with E-state index in [1.807, 2.05) is 24.3 Å². The van der Waals surface area contributed by atoms with E-state index in [-0.39, 0.29) is 17.3 Å². The van der Waals surface area contributed by atoms with Crippen molar-refractivity contribution in [1.82, 2.24) is 15.1 Å². The lowest BCUT2D eigenvalue weighted by molar-refractivity contribution is -0.121. The summed E-state index contributed by atoms with van der Waals surface area (Å²) in [5.74, 6) is -0.0149. The molecule has 1 N–H and O–H groups in total. The summed E-state index contributed by atoms with van der Waals surface area (Å²) in [6.07, 6.45) is 2.52. The Morgan fingerprint density at radius 1 is 1.07 bits per heavy atom. The zero-order valence-corrected chi connectivity index (χ0v) is 16.5. The van der Waals surface area contributed by atoms with Gasteiger partial charge in [0.25, 0.3) is 0 Å². The molecule has 1 amide bonds. The van der Waals surface area contributed by atoms with Crippen LogP contribution < -0.4 is 5.32 Å². The molecule has 2 fully saturated rings. The summed E-state index contributed by atoms with van der Waals surface area (Å²) < 4.78 is 14.0. The van der Waals surface area contributed by atoms with Gasteiger partial charge in [0.05, 0.1) is 0 Å². The van der Waals surface area contributed by atoms with Crippen LogP contribution in [0.5, 0.6) is 0 Å². The van der Waals surface area contributed by atoms with E-state index in [0.29, 0.717) is 12.0 Å². The summed E-state index contributed by atoms with van der Waals surface area (Å²) in [5.41, 5.74) is 2.86. The zero-order valence-electron chi connectivity index (χ0n) is 16.5. The second-order valence-electron chi connectivity index (χ2n) is 8.13. The summed E-state index contributed by atoms with van der Waals surface area (Å²) in [7, 11) is 2.19. The van der Waals surface area contributed by atoms with Crippen molar-refractivity contribution in [3.8, 4) is 11.1 Å². The number of halogens is 1. The topological polar surface area (TPSA) is 35.6 Å². The number of hydrogen-bond acceptors (Lipinski definition) is 3. The van der Waals surface area contributed by atoms with Crippen LogP contribution in [0.4, 0.5) is 4.39 Å². The van der Waals surface area contributed by atoms with Crippen LogP contribution >= 0.6 is 0 Å². The molecule has 2 saturated heterocycles. The van der Waals surface area contributed by atoms with E-state index in [1.165, 1.54) is 11.6 Å². The molecule has 0 saturated carbocycles. The predicted octanol–water partition coefficient (Wildman–Crippen LogP) is 3.28. The number of amides is 1. The maximum atomic E-state index is 14.0. The van der Waals surface area contributed by atoms with Gasteiger partial charge in [-0.2, -0.15) is 0 Å². The molecule has 4 nitrogen and oxygen atoms in total. The number of nitrogens with zero attached hydrogens (tertiary/aromatic N) is 2. The fourth-order valence-corrected chi connectivity index (χ4v) is 4.56. The normalized spacial score (nSPS) is 24.1. The Labute approximate surface area is 166 Å². The molecule has 0 bridgehead atoms. The molecule has 2 aromatic carbocycles. The Hall–Kier alpha value is -2.24. The molecule has 5 heteroatoms. The molecule has 4 rings (SSSR count). The minimum atomic E-state index is -0.187. The Kier molecular flexibility index (Phi) is 5.47. The lowest BCUT2D eigenvalue weighted by Crippen LogP contribution is -2.60. The molecule has 0 aromatic heterocycles. The van der Waals surface area contributed by atoms with Crippen molar-refractivity contribution in [3.63, 3.8) is 0 Å². The van der Waals surface area contributed by atoms with Gasteiger partial charge < -0.3 is 5.32 Å². The molecule has 1 spiro atoms. The van der Waals surface area contributed by atoms with Crippen LogP contribution in [0, 0.1) is 5.82 Å². The van der Waals surface area contributed by atoms with Gasteiger partial charge in [-0.05, 0) is 37.1 Å². The highest BCUT2D eigenvalue weighted by Crippen LogP contribution is 2.31. The van der Waals surface area contributed by atoms with E-state index in [0.717, 1.165) is 51.1 Å². The highest BCUT2D eigenvalue weighted by Gasteiger charge is 2.40. The average Bonchev–Trinajstić information content (AvgIpc) is 2.88. The highest BCUT2D eigenvalue weighted by molar-refractivity contribution is 5.76. The third-order valence-electron chi connectivity index (χ3n) is 6.35. The van der Waals surface area contributed by atoms with Crippen molar-refractivity contribution in [1.29, 1.82) is 0 Å². The molecule has 2 aromatic rings. The first kappa shape index (κ1) is 19.1. The summed E-state index contributed by atoms with van der Waals surface area (Å²) in [6, 6.07) is 15.1. The van der Waals surface area contributed by atoms with Crippen LogP contribution in [0.2, 0.25) is 0 Å². The number of carbonyl (C=O) groups excluding carboxylic acids is 1. The molecular weight excluding hydrogens is 353 g/mol. The van der Waals surface area contributed by atoms with Crippen molar-refractivity contribution >= 4 is 5.91 Å². The van der Waals surface area contributed by atoms with E-state index in [9.17, 15) is 9.18 Å². The molecule has 2 aliphatic rings. The lowest BCUT2D eigenvalue weighted by atomic mass is 9.86. The number of carbonyl (C=O) groups is 1. The molecule has 1 atom stereocenters. The number of rotatable bonds is 3. The fourth-order valence-electron chi connectivity index (χ4n) is 4.56. The number of hydrogen-bond donors (Lipinski definition) is 1. The predicted molar refractivity (Wildman–Crippen MR) is 109 cm³/mol. The minimum Gasteiger partial charge on any atom is -0.356 e. The van der Waals surface area contributed by atoms with E-state index in [4.69, 9.17) is 0 Å². The van der Waals surface area contributed by atoms with Crippen LogP contribution in [-0.2, 0) is 11.3 Å². The van der Waals surface area contributed by atoms with Crippen LogP contribution in [0.1, 0.15) is 24.8 Å². The third-order valence-corrected chi connectivity index (χ3v) is 6.35. The number of likely N-dealkylation sites (N-methyl/N-ethyl adjacent to an activating group) is 1. The second-order valence-corrected chi connectivity index (χ2v) is 8.13. The van der Waals surface area contributed by atoms with E-state index < -0.39 is 0 Å². The summed E-state index contributed by atoms with van der Waals surface area (Å²) in [4.78, 5) is 16.7. The van der Waals surface area contributed by atoms with Crippen LogP contribution in [0.15, 0.2) is 48.5 Å². The standard InChI is InChI=1S/C23H28FN3O/c1-26-14-15-27(17-23(26)11-10-22(28)25-13-12-23)16-18-6-8-19(9-7-18)20-4-2-3-5-21(20)24/h2-9H,10-17H2,1H3,(H,25,28). The summed E-state index contributed by atoms with van der Waals surface area (Å²) in [6.45, 7) is 4.66. The fraction of sp³-hybridized carbons (Fsp3) is 0.435. The van der Waals surface area contributed by atoms with Gasteiger partial charge in [0.15, 0.2) is 0 Å². The zero-order chi connectivity index (χ0) is 19.6. The molecule has 2 aliphatic heterocycles. The van der Waals surface area contributed by atoms with Gasteiger partial charge in [-0.3, -0.25) is 14.6 Å². The van der Waals surface area contributed by atoms with Crippen LogP contribution in [0.25, 0.3) is 11.1 Å². The van der Waals surface area contributed by atoms with Gasteiger partial charge >= 0.3 is 0 Å². The summed E-state index contributed by atoms with van der Waals surface area (Å²) >= 11 is 0. The molecule has 0 radical (unpaired) electrons. The van der Waals surface area contributed by atoms with Gasteiger partial charge in [-0.25, -0.2) is 4.39 Å². The first-order valence-corrected chi connectivity index (χ1v) is 10.1. The monoisotopic (exact) mass is 381 g/mol. The van der Waals surface area contributed by atoms with Gasteiger partial charge in [-0.1, -0.05) is 42.5 Å².